The van der Waals surface area contributed by atoms with Crippen LogP contribution in [0.5, 0.6) is 0 Å². The molecule has 0 aliphatic carbocycles. The van der Waals surface area contributed by atoms with Gasteiger partial charge in [-0.1, -0.05) is 0 Å². The predicted octanol–water partition coefficient (Wildman–Crippen LogP) is 2.40. The molecule has 0 N–H and O–H groups in total. The minimum Gasteiger partial charge on any atom is -0.380 e. The molecule has 0 bridgehead atoms. The molecule has 20 heavy (non-hydrogen) atoms. The molecule has 0 amide bonds. The smallest absolute Gasteiger partial charge is 0.0721 e. The normalized spacial score (nSPS) is 43.4. The largest absolute Gasteiger partial charge is 0.380 e. The van der Waals surface area contributed by atoms with Gasteiger partial charge in [0.1, 0.15) is 0 Å². The summed E-state index contributed by atoms with van der Waals surface area (Å²) in [6.07, 6.45) is 8.03. The third-order valence-electron chi connectivity index (χ3n) is 5.12. The van der Waals surface area contributed by atoms with Gasteiger partial charge in [0.2, 0.25) is 0 Å². The number of methoxy groups -OCH3 is 1. The molecule has 0 aromatic rings. The fraction of sp³-hybridized carbons (Fsp3) is 1.00. The number of ether oxygens (including phenoxy) is 4. The molecule has 4 atom stereocenters. The van der Waals surface area contributed by atoms with Crippen LogP contribution in [0.2, 0.25) is 0 Å². The van der Waals surface area contributed by atoms with E-state index in [1.165, 1.54) is 25.7 Å². The molecule has 3 saturated heterocycles. The SMILES string of the molecule is COC1C(C2CCCCO2)COCC1C1CCCCO1. The summed E-state index contributed by atoms with van der Waals surface area (Å²) in [7, 11) is 1.83. The standard InChI is InChI=1S/C16H28O4/c1-17-16-12(14-6-2-4-8-19-14)10-18-11-13(16)15-7-3-5-9-20-15/h12-16H,2-11H2,1H3. The van der Waals surface area contributed by atoms with E-state index in [9.17, 15) is 0 Å². The minimum atomic E-state index is 0.218. The van der Waals surface area contributed by atoms with Crippen LogP contribution in [-0.2, 0) is 18.9 Å². The van der Waals surface area contributed by atoms with Crippen LogP contribution in [0.3, 0.4) is 0 Å². The number of rotatable bonds is 3. The van der Waals surface area contributed by atoms with E-state index in [4.69, 9.17) is 18.9 Å². The lowest BCUT2D eigenvalue weighted by Crippen LogP contribution is -2.52. The molecular formula is C16H28O4. The van der Waals surface area contributed by atoms with Gasteiger partial charge in [0.15, 0.2) is 0 Å². The predicted molar refractivity (Wildman–Crippen MR) is 75.8 cm³/mol. The highest BCUT2D eigenvalue weighted by Gasteiger charge is 2.43. The average molecular weight is 284 g/mol. The Hall–Kier alpha value is -0.160. The Morgan fingerprint density at radius 1 is 0.800 bits per heavy atom. The van der Waals surface area contributed by atoms with Crippen molar-refractivity contribution in [2.45, 2.75) is 56.8 Å². The van der Waals surface area contributed by atoms with Crippen LogP contribution in [0.1, 0.15) is 38.5 Å². The summed E-state index contributed by atoms with van der Waals surface area (Å²) in [6, 6.07) is 0. The van der Waals surface area contributed by atoms with Gasteiger partial charge in [0.25, 0.3) is 0 Å². The highest BCUT2D eigenvalue weighted by atomic mass is 16.5. The maximum absolute atomic E-state index is 5.98. The number of hydrogen-bond acceptors (Lipinski definition) is 4. The molecule has 3 fully saturated rings. The molecule has 4 unspecified atom stereocenters. The molecule has 0 aromatic carbocycles. The van der Waals surface area contributed by atoms with E-state index in [1.807, 2.05) is 7.11 Å². The lowest BCUT2D eigenvalue weighted by atomic mass is 9.79. The van der Waals surface area contributed by atoms with Crippen molar-refractivity contribution in [3.8, 4) is 0 Å². The first-order valence-electron chi connectivity index (χ1n) is 8.24. The van der Waals surface area contributed by atoms with Gasteiger partial charge < -0.3 is 18.9 Å². The Morgan fingerprint density at radius 3 is 1.75 bits per heavy atom. The summed E-state index contributed by atoms with van der Waals surface area (Å²) in [5.74, 6) is 0.731. The lowest BCUT2D eigenvalue weighted by Gasteiger charge is -2.45. The average Bonchev–Trinajstić information content (AvgIpc) is 2.55. The highest BCUT2D eigenvalue weighted by molar-refractivity contribution is 4.91. The molecule has 3 aliphatic rings. The van der Waals surface area contributed by atoms with Crippen molar-refractivity contribution in [3.63, 3.8) is 0 Å². The topological polar surface area (TPSA) is 36.9 Å². The molecular weight excluding hydrogens is 256 g/mol. The summed E-state index contributed by atoms with van der Waals surface area (Å²) in [4.78, 5) is 0. The Morgan fingerprint density at radius 2 is 1.35 bits per heavy atom. The fourth-order valence-electron chi connectivity index (χ4n) is 4.04. The quantitative estimate of drug-likeness (QED) is 0.797. The van der Waals surface area contributed by atoms with Crippen LogP contribution in [-0.4, -0.2) is 51.8 Å². The first-order valence-corrected chi connectivity index (χ1v) is 8.24. The fourth-order valence-corrected chi connectivity index (χ4v) is 4.04. The van der Waals surface area contributed by atoms with Crippen LogP contribution < -0.4 is 0 Å². The second-order valence-corrected chi connectivity index (χ2v) is 6.38. The molecule has 0 aromatic heterocycles. The molecule has 4 heteroatoms. The summed E-state index contributed by atoms with van der Waals surface area (Å²) < 4.78 is 23.7. The second kappa shape index (κ2) is 7.21. The zero-order valence-corrected chi connectivity index (χ0v) is 12.6. The van der Waals surface area contributed by atoms with Gasteiger partial charge in [-0.15, -0.1) is 0 Å². The Labute approximate surface area is 122 Å². The van der Waals surface area contributed by atoms with E-state index in [2.05, 4.69) is 0 Å². The molecule has 3 heterocycles. The van der Waals surface area contributed by atoms with Gasteiger partial charge in [-0.2, -0.15) is 0 Å². The summed E-state index contributed by atoms with van der Waals surface area (Å²) in [5.41, 5.74) is 0. The first-order chi connectivity index (χ1) is 9.90. The van der Waals surface area contributed by atoms with Crippen molar-refractivity contribution in [1.82, 2.24) is 0 Å². The van der Waals surface area contributed by atoms with Gasteiger partial charge in [-0.25, -0.2) is 0 Å². The van der Waals surface area contributed by atoms with Crippen LogP contribution in [0.15, 0.2) is 0 Å². The highest BCUT2D eigenvalue weighted by Crippen LogP contribution is 2.35. The van der Waals surface area contributed by atoms with E-state index in [-0.39, 0.29) is 6.10 Å². The van der Waals surface area contributed by atoms with Gasteiger partial charge in [-0.05, 0) is 38.5 Å². The summed E-state index contributed by atoms with van der Waals surface area (Å²) in [5, 5.41) is 0. The summed E-state index contributed by atoms with van der Waals surface area (Å²) in [6.45, 7) is 3.32. The van der Waals surface area contributed by atoms with Crippen molar-refractivity contribution in [2.75, 3.05) is 33.5 Å². The monoisotopic (exact) mass is 284 g/mol. The van der Waals surface area contributed by atoms with Crippen molar-refractivity contribution in [1.29, 1.82) is 0 Å². The Bertz CT molecular complexity index is 258. The second-order valence-electron chi connectivity index (χ2n) is 6.38. The molecule has 0 saturated carbocycles. The maximum atomic E-state index is 5.98. The third-order valence-corrected chi connectivity index (χ3v) is 5.12. The van der Waals surface area contributed by atoms with E-state index >= 15 is 0 Å². The molecule has 3 rings (SSSR count). The van der Waals surface area contributed by atoms with Crippen LogP contribution in [0.25, 0.3) is 0 Å². The Kier molecular flexibility index (Phi) is 5.32. The van der Waals surface area contributed by atoms with Gasteiger partial charge in [0.05, 0.1) is 31.5 Å². The van der Waals surface area contributed by atoms with Gasteiger partial charge in [-0.3, -0.25) is 0 Å². The van der Waals surface area contributed by atoms with E-state index in [1.54, 1.807) is 0 Å². The first kappa shape index (κ1) is 14.8. The van der Waals surface area contributed by atoms with Crippen molar-refractivity contribution >= 4 is 0 Å². The number of hydrogen-bond donors (Lipinski definition) is 0. The van der Waals surface area contributed by atoms with E-state index in [0.29, 0.717) is 24.0 Å². The van der Waals surface area contributed by atoms with E-state index in [0.717, 1.165) is 39.3 Å². The minimum absolute atomic E-state index is 0.218. The van der Waals surface area contributed by atoms with Crippen molar-refractivity contribution < 1.29 is 18.9 Å². The van der Waals surface area contributed by atoms with Crippen molar-refractivity contribution in [2.24, 2.45) is 11.8 Å². The van der Waals surface area contributed by atoms with Crippen molar-refractivity contribution in [3.05, 3.63) is 0 Å². The molecule has 4 nitrogen and oxygen atoms in total. The molecule has 0 spiro atoms. The molecule has 0 radical (unpaired) electrons. The van der Waals surface area contributed by atoms with E-state index < -0.39 is 0 Å². The maximum Gasteiger partial charge on any atom is 0.0721 e. The van der Waals surface area contributed by atoms with Crippen LogP contribution >= 0.6 is 0 Å². The van der Waals surface area contributed by atoms with Gasteiger partial charge >= 0.3 is 0 Å². The summed E-state index contributed by atoms with van der Waals surface area (Å²) >= 11 is 0. The third kappa shape index (κ3) is 3.19. The van der Waals surface area contributed by atoms with Crippen LogP contribution in [0, 0.1) is 11.8 Å². The molecule has 3 aliphatic heterocycles. The van der Waals surface area contributed by atoms with Crippen LogP contribution in [0.4, 0.5) is 0 Å². The lowest BCUT2D eigenvalue weighted by molar-refractivity contribution is -0.184. The zero-order valence-electron chi connectivity index (χ0n) is 12.6. The Balaban J connectivity index is 1.67. The zero-order chi connectivity index (χ0) is 13.8. The van der Waals surface area contributed by atoms with Gasteiger partial charge in [0, 0.05) is 32.2 Å². The molecule has 116 valence electrons.